The third kappa shape index (κ3) is 6.73. The molecule has 0 saturated heterocycles. The predicted molar refractivity (Wildman–Crippen MR) is 109 cm³/mol. The van der Waals surface area contributed by atoms with Crippen molar-refractivity contribution in [3.8, 4) is 17.2 Å². The zero-order valence-electron chi connectivity index (χ0n) is 17.6. The van der Waals surface area contributed by atoms with E-state index in [9.17, 15) is 32.1 Å². The van der Waals surface area contributed by atoms with Crippen LogP contribution in [0, 0.1) is 10.1 Å². The van der Waals surface area contributed by atoms with Crippen molar-refractivity contribution in [2.45, 2.75) is 31.1 Å². The smallest absolute Gasteiger partial charge is 0.387 e. The van der Waals surface area contributed by atoms with Gasteiger partial charge in [-0.3, -0.25) is 14.9 Å². The third-order valence-corrected chi connectivity index (χ3v) is 5.76. The maximum absolute atomic E-state index is 12.5. The van der Waals surface area contributed by atoms with Crippen LogP contribution in [0.4, 0.5) is 14.5 Å². The number of carbonyl (C=O) groups is 1. The molecule has 0 saturated carbocycles. The lowest BCUT2D eigenvalue weighted by atomic mass is 10.1. The molecule has 0 aromatic heterocycles. The summed E-state index contributed by atoms with van der Waals surface area (Å²) in [6.45, 7) is -2.69. The molecular weight excluding hydrogens is 470 g/mol. The fourth-order valence-electron chi connectivity index (χ4n) is 2.60. The number of nitro benzene ring substituents is 1. The topological polar surface area (TPSA) is 143 Å². The van der Waals surface area contributed by atoms with Gasteiger partial charge in [-0.2, -0.15) is 13.5 Å². The van der Waals surface area contributed by atoms with Crippen molar-refractivity contribution in [1.82, 2.24) is 4.72 Å². The second kappa shape index (κ2) is 10.9. The monoisotopic (exact) mass is 490 g/mol. The Kier molecular flexibility index (Phi) is 8.48. The number of esters is 1. The lowest BCUT2D eigenvalue weighted by Crippen LogP contribution is -2.39. The van der Waals surface area contributed by atoms with Crippen LogP contribution in [0.1, 0.15) is 12.5 Å². The maximum Gasteiger partial charge on any atom is 0.387 e. The Morgan fingerprint density at radius 1 is 1.12 bits per heavy atom. The van der Waals surface area contributed by atoms with E-state index in [0.29, 0.717) is 11.8 Å². The molecule has 0 aliphatic heterocycles. The fraction of sp³-hybridized carbons (Fsp3) is 0.316. The summed E-state index contributed by atoms with van der Waals surface area (Å²) < 4.78 is 71.1. The van der Waals surface area contributed by atoms with Crippen LogP contribution in [-0.2, 0) is 26.2 Å². The zero-order valence-corrected chi connectivity index (χ0v) is 18.4. The van der Waals surface area contributed by atoms with Gasteiger partial charge in [-0.1, -0.05) is 0 Å². The number of benzene rings is 2. The largest absolute Gasteiger partial charge is 0.497 e. The van der Waals surface area contributed by atoms with E-state index in [1.807, 2.05) is 0 Å². The van der Waals surface area contributed by atoms with Crippen LogP contribution >= 0.6 is 0 Å². The summed E-state index contributed by atoms with van der Waals surface area (Å²) in [5.41, 5.74) is -0.845. The highest BCUT2D eigenvalue weighted by Gasteiger charge is 2.26. The van der Waals surface area contributed by atoms with Crippen molar-refractivity contribution in [2.75, 3.05) is 14.2 Å². The number of hydrogen-bond acceptors (Lipinski definition) is 9. The van der Waals surface area contributed by atoms with Gasteiger partial charge in [0.25, 0.3) is 5.69 Å². The molecule has 1 atom stereocenters. The van der Waals surface area contributed by atoms with Crippen LogP contribution in [0.5, 0.6) is 17.2 Å². The second-order valence-electron chi connectivity index (χ2n) is 6.39. The van der Waals surface area contributed by atoms with E-state index in [1.54, 1.807) is 0 Å². The lowest BCUT2D eigenvalue weighted by molar-refractivity contribution is -0.386. The molecule has 2 aromatic rings. The van der Waals surface area contributed by atoms with Gasteiger partial charge in [-0.25, -0.2) is 8.42 Å². The minimum absolute atomic E-state index is 0.127. The van der Waals surface area contributed by atoms with Gasteiger partial charge >= 0.3 is 12.6 Å². The molecule has 0 bridgehead atoms. The zero-order chi connectivity index (χ0) is 24.8. The third-order valence-electron chi connectivity index (χ3n) is 4.20. The quantitative estimate of drug-likeness (QED) is 0.286. The van der Waals surface area contributed by atoms with E-state index >= 15 is 0 Å². The molecule has 0 fully saturated rings. The number of alkyl halides is 2. The summed E-state index contributed by atoms with van der Waals surface area (Å²) in [5, 5.41) is 11.3. The average molecular weight is 490 g/mol. The summed E-state index contributed by atoms with van der Waals surface area (Å²) in [5.74, 6) is -1.42. The number of methoxy groups -OCH3 is 2. The molecule has 0 spiro atoms. The number of carbonyl (C=O) groups excluding carboxylic acids is 1. The molecule has 0 amide bonds. The summed E-state index contributed by atoms with van der Waals surface area (Å²) in [7, 11) is -1.54. The van der Waals surface area contributed by atoms with Gasteiger partial charge in [0.1, 0.15) is 18.4 Å². The Balaban J connectivity index is 2.14. The number of sulfonamides is 1. The average Bonchev–Trinajstić information content (AvgIpc) is 2.76. The van der Waals surface area contributed by atoms with Crippen molar-refractivity contribution < 1.29 is 45.9 Å². The maximum atomic E-state index is 12.5. The predicted octanol–water partition coefficient (Wildman–Crippen LogP) is 2.62. The van der Waals surface area contributed by atoms with Crippen LogP contribution in [-0.4, -0.2) is 46.2 Å². The molecular formula is C19H20F2N2O9S. The van der Waals surface area contributed by atoms with E-state index in [0.717, 1.165) is 13.2 Å². The minimum Gasteiger partial charge on any atom is -0.497 e. The first-order chi connectivity index (χ1) is 15.5. The number of nitrogens with zero attached hydrogens (tertiary/aromatic N) is 1. The summed E-state index contributed by atoms with van der Waals surface area (Å²) in [6.07, 6.45) is 0. The highest BCUT2D eigenvalue weighted by atomic mass is 32.2. The highest BCUT2D eigenvalue weighted by molar-refractivity contribution is 7.89. The second-order valence-corrected chi connectivity index (χ2v) is 8.11. The van der Waals surface area contributed by atoms with Gasteiger partial charge in [-0.15, -0.1) is 0 Å². The first kappa shape index (κ1) is 25.7. The van der Waals surface area contributed by atoms with E-state index in [-0.39, 0.29) is 16.2 Å². The van der Waals surface area contributed by atoms with E-state index < -0.39 is 51.6 Å². The molecule has 11 nitrogen and oxygen atoms in total. The lowest BCUT2D eigenvalue weighted by Gasteiger charge is -2.15. The molecule has 33 heavy (non-hydrogen) atoms. The van der Waals surface area contributed by atoms with E-state index in [1.165, 1.54) is 38.3 Å². The minimum atomic E-state index is -4.08. The molecule has 180 valence electrons. The summed E-state index contributed by atoms with van der Waals surface area (Å²) in [6, 6.07) is 5.77. The molecule has 0 aliphatic rings. The Morgan fingerprint density at radius 3 is 2.27 bits per heavy atom. The number of halogens is 2. The van der Waals surface area contributed by atoms with Crippen LogP contribution in [0.25, 0.3) is 0 Å². The van der Waals surface area contributed by atoms with Gasteiger partial charge in [0.05, 0.1) is 35.7 Å². The Morgan fingerprint density at radius 2 is 1.76 bits per heavy atom. The van der Waals surface area contributed by atoms with E-state index in [2.05, 4.69) is 9.46 Å². The van der Waals surface area contributed by atoms with E-state index in [4.69, 9.17) is 14.2 Å². The molecule has 14 heteroatoms. The van der Waals surface area contributed by atoms with Gasteiger partial charge in [0.2, 0.25) is 10.0 Å². The number of rotatable bonds is 11. The van der Waals surface area contributed by atoms with Crippen molar-refractivity contribution in [2.24, 2.45) is 0 Å². The number of ether oxygens (including phenoxy) is 4. The van der Waals surface area contributed by atoms with Crippen LogP contribution < -0.4 is 18.9 Å². The normalized spacial score (nSPS) is 12.2. The first-order valence-corrected chi connectivity index (χ1v) is 10.6. The first-order valence-electron chi connectivity index (χ1n) is 9.11. The standard InChI is InChI=1S/C19H20F2N2O9S/c1-11(22-33(27,28)14-6-4-13(29-2)5-7-14)18(24)31-10-12-8-16(30-3)17(32-19(20)21)9-15(12)23(25)26/h4-9,11,19,22H,10H2,1-3H3/t11-/m0/s1. The Bertz CT molecular complexity index is 1110. The van der Waals surface area contributed by atoms with Crippen LogP contribution in [0.3, 0.4) is 0 Å². The SMILES string of the molecule is COc1ccc(S(=O)(=O)N[C@@H](C)C(=O)OCc2cc(OC)c(OC(F)F)cc2[N+](=O)[O-])cc1. The molecule has 1 N–H and O–H groups in total. The van der Waals surface area contributed by atoms with Crippen molar-refractivity contribution in [1.29, 1.82) is 0 Å². The number of nitro groups is 1. The van der Waals surface area contributed by atoms with Crippen molar-refractivity contribution in [3.63, 3.8) is 0 Å². The summed E-state index contributed by atoms with van der Waals surface area (Å²) >= 11 is 0. The molecule has 0 heterocycles. The fourth-order valence-corrected chi connectivity index (χ4v) is 3.79. The molecule has 0 unspecified atom stereocenters. The highest BCUT2D eigenvalue weighted by Crippen LogP contribution is 2.36. The van der Waals surface area contributed by atoms with Gasteiger partial charge in [-0.05, 0) is 37.3 Å². The van der Waals surface area contributed by atoms with Crippen molar-refractivity contribution in [3.05, 3.63) is 52.1 Å². The Labute approximate surface area is 187 Å². The molecule has 2 rings (SSSR count). The van der Waals surface area contributed by atoms with Crippen molar-refractivity contribution >= 4 is 21.7 Å². The van der Waals surface area contributed by atoms with Gasteiger partial charge in [0.15, 0.2) is 11.5 Å². The number of hydrogen-bond donors (Lipinski definition) is 1. The van der Waals surface area contributed by atoms with Gasteiger partial charge < -0.3 is 18.9 Å². The summed E-state index contributed by atoms with van der Waals surface area (Å²) in [4.78, 5) is 22.6. The number of nitrogens with one attached hydrogen (secondary N) is 1. The van der Waals surface area contributed by atoms with Crippen LogP contribution in [0.2, 0.25) is 0 Å². The van der Waals surface area contributed by atoms with Gasteiger partial charge in [0, 0.05) is 0 Å². The Hall–Kier alpha value is -3.52. The molecule has 0 radical (unpaired) electrons. The molecule has 0 aliphatic carbocycles. The molecule has 2 aromatic carbocycles. The van der Waals surface area contributed by atoms with Crippen LogP contribution in [0.15, 0.2) is 41.3 Å².